The summed E-state index contributed by atoms with van der Waals surface area (Å²) in [4.78, 5) is 14.6. The first-order chi connectivity index (χ1) is 13.6. The van der Waals surface area contributed by atoms with Gasteiger partial charge in [0.1, 0.15) is 11.4 Å². The molecule has 2 aromatic carbocycles. The lowest BCUT2D eigenvalue weighted by Crippen LogP contribution is -2.36. The third-order valence-corrected chi connectivity index (χ3v) is 5.35. The van der Waals surface area contributed by atoms with Crippen LogP contribution in [0, 0.1) is 0 Å². The third-order valence-electron chi connectivity index (χ3n) is 5.35. The van der Waals surface area contributed by atoms with Crippen LogP contribution in [0.15, 0.2) is 48.5 Å². The number of aliphatic hydroxyl groups is 1. The fourth-order valence-electron chi connectivity index (χ4n) is 3.84. The van der Waals surface area contributed by atoms with Gasteiger partial charge in [-0.05, 0) is 42.3 Å². The van der Waals surface area contributed by atoms with Gasteiger partial charge in [-0.3, -0.25) is 4.79 Å². The number of nitrogens with one attached hydrogen (secondary N) is 1. The van der Waals surface area contributed by atoms with Gasteiger partial charge < -0.3 is 24.6 Å². The second-order valence-electron chi connectivity index (χ2n) is 7.19. The van der Waals surface area contributed by atoms with Crippen LogP contribution in [0.1, 0.15) is 16.1 Å². The monoisotopic (exact) mass is 379 g/mol. The van der Waals surface area contributed by atoms with E-state index in [1.807, 2.05) is 54.1 Å². The normalized spacial score (nSPS) is 14.8. The summed E-state index contributed by atoms with van der Waals surface area (Å²) < 4.78 is 7.14. The molecule has 1 atom stereocenters. The highest BCUT2D eigenvalue weighted by Crippen LogP contribution is 2.30. The predicted molar refractivity (Wildman–Crippen MR) is 110 cm³/mol. The first-order valence-electron chi connectivity index (χ1n) is 9.50. The molecule has 0 fully saturated rings. The van der Waals surface area contributed by atoms with Crippen molar-refractivity contribution >= 4 is 22.5 Å². The Morgan fingerprint density at radius 2 is 1.93 bits per heavy atom. The fourth-order valence-corrected chi connectivity index (χ4v) is 3.84. The molecule has 0 unspecified atom stereocenters. The van der Waals surface area contributed by atoms with Crippen molar-refractivity contribution in [1.29, 1.82) is 0 Å². The molecule has 1 aliphatic rings. The van der Waals surface area contributed by atoms with Gasteiger partial charge in [0.25, 0.3) is 5.91 Å². The number of carbonyl (C=O) groups excluding carboxylic acids is 1. The molecule has 0 bridgehead atoms. The summed E-state index contributed by atoms with van der Waals surface area (Å²) in [5.41, 5.74) is 3.71. The summed E-state index contributed by atoms with van der Waals surface area (Å²) >= 11 is 0. The van der Waals surface area contributed by atoms with Crippen LogP contribution < -0.4 is 10.1 Å². The summed E-state index contributed by atoms with van der Waals surface area (Å²) in [5.74, 6) is 0.812. The highest BCUT2D eigenvalue weighted by atomic mass is 16.5. The molecule has 1 amide bonds. The first-order valence-corrected chi connectivity index (χ1v) is 9.50. The second kappa shape index (κ2) is 7.56. The number of hydrogen-bond acceptors (Lipinski definition) is 4. The second-order valence-corrected chi connectivity index (χ2v) is 7.19. The molecule has 146 valence electrons. The number of anilines is 1. The highest BCUT2D eigenvalue weighted by Gasteiger charge is 2.29. The first kappa shape index (κ1) is 18.4. The molecule has 2 N–H and O–H groups in total. The lowest BCUT2D eigenvalue weighted by atomic mass is 10.0. The van der Waals surface area contributed by atoms with E-state index in [0.717, 1.165) is 40.9 Å². The molecule has 1 aliphatic heterocycles. The zero-order valence-electron chi connectivity index (χ0n) is 16.2. The van der Waals surface area contributed by atoms with Crippen molar-refractivity contribution in [1.82, 2.24) is 9.47 Å². The van der Waals surface area contributed by atoms with E-state index in [1.54, 1.807) is 12.0 Å². The highest BCUT2D eigenvalue weighted by molar-refractivity contribution is 6.02. The number of likely N-dealkylation sites (N-methyl/N-ethyl adjacent to an activating group) is 1. The molecule has 2 heterocycles. The fraction of sp³-hybridized carbons (Fsp3) is 0.318. The molecule has 0 aliphatic carbocycles. The molecular weight excluding hydrogens is 354 g/mol. The molecular formula is C22H25N3O3. The summed E-state index contributed by atoms with van der Waals surface area (Å²) in [6.07, 6.45) is 0.202. The number of rotatable bonds is 6. The number of para-hydroxylation sites is 1. The maximum Gasteiger partial charge on any atom is 0.270 e. The van der Waals surface area contributed by atoms with Gasteiger partial charge in [-0.2, -0.15) is 0 Å². The van der Waals surface area contributed by atoms with E-state index in [9.17, 15) is 9.90 Å². The van der Waals surface area contributed by atoms with E-state index in [4.69, 9.17) is 4.74 Å². The molecule has 28 heavy (non-hydrogen) atoms. The lowest BCUT2D eigenvalue weighted by molar-refractivity contribution is 0.0765. The van der Waals surface area contributed by atoms with Crippen LogP contribution in [0.2, 0.25) is 0 Å². The minimum absolute atomic E-state index is 0.0211. The molecule has 6 heteroatoms. The molecule has 1 aromatic heterocycles. The van der Waals surface area contributed by atoms with Crippen molar-refractivity contribution in [3.63, 3.8) is 0 Å². The summed E-state index contributed by atoms with van der Waals surface area (Å²) in [5, 5.41) is 15.0. The Hall–Kier alpha value is -2.99. The Kier molecular flexibility index (Phi) is 4.96. The van der Waals surface area contributed by atoms with Crippen LogP contribution in [0.5, 0.6) is 5.75 Å². The number of aliphatic hydroxyl groups excluding tert-OH is 1. The quantitative estimate of drug-likeness (QED) is 0.691. The van der Waals surface area contributed by atoms with Gasteiger partial charge in [0.2, 0.25) is 0 Å². The van der Waals surface area contributed by atoms with Crippen molar-refractivity contribution in [2.45, 2.75) is 19.1 Å². The minimum atomic E-state index is -0.637. The number of benzene rings is 2. The van der Waals surface area contributed by atoms with Crippen molar-refractivity contribution in [3.05, 3.63) is 59.8 Å². The van der Waals surface area contributed by atoms with Gasteiger partial charge >= 0.3 is 0 Å². The van der Waals surface area contributed by atoms with E-state index in [2.05, 4.69) is 11.4 Å². The van der Waals surface area contributed by atoms with Gasteiger partial charge in [0.15, 0.2) is 0 Å². The number of fused-ring (bicyclic) bond motifs is 3. The van der Waals surface area contributed by atoms with Gasteiger partial charge in [0, 0.05) is 36.7 Å². The molecule has 4 rings (SSSR count). The Morgan fingerprint density at radius 3 is 2.68 bits per heavy atom. The standard InChI is InChI=1S/C22H25N3O3/c1-24-12-11-19-18-5-3-4-6-20(18)25(21(19)22(24)27)14-16(26)13-23-15-7-9-17(28-2)10-8-15/h3-10,16,23,26H,11-14H2,1-2H3/t16-/m0/s1. The molecule has 0 spiro atoms. The number of amides is 1. The Bertz CT molecular complexity index is 994. The Labute approximate surface area is 164 Å². The average Bonchev–Trinajstić information content (AvgIpc) is 3.04. The van der Waals surface area contributed by atoms with E-state index in [0.29, 0.717) is 18.8 Å². The maximum atomic E-state index is 12.8. The minimum Gasteiger partial charge on any atom is -0.497 e. The number of aromatic nitrogens is 1. The molecule has 6 nitrogen and oxygen atoms in total. The Morgan fingerprint density at radius 1 is 1.18 bits per heavy atom. The van der Waals surface area contributed by atoms with E-state index < -0.39 is 6.10 Å². The number of methoxy groups -OCH3 is 1. The van der Waals surface area contributed by atoms with E-state index >= 15 is 0 Å². The summed E-state index contributed by atoms with van der Waals surface area (Å²) in [6, 6.07) is 15.6. The van der Waals surface area contributed by atoms with Crippen LogP contribution in [0.25, 0.3) is 10.9 Å². The predicted octanol–water partition coefficient (Wildman–Crippen LogP) is 2.75. The average molecular weight is 379 g/mol. The molecule has 0 saturated heterocycles. The van der Waals surface area contributed by atoms with Crippen LogP contribution in [-0.4, -0.2) is 53.8 Å². The maximum absolute atomic E-state index is 12.8. The van der Waals surface area contributed by atoms with Gasteiger partial charge in [-0.15, -0.1) is 0 Å². The molecule has 0 saturated carbocycles. The molecule has 3 aromatic rings. The van der Waals surface area contributed by atoms with Crippen LogP contribution in [-0.2, 0) is 13.0 Å². The zero-order chi connectivity index (χ0) is 19.7. The largest absolute Gasteiger partial charge is 0.497 e. The Balaban J connectivity index is 1.56. The van der Waals surface area contributed by atoms with E-state index in [-0.39, 0.29) is 5.91 Å². The van der Waals surface area contributed by atoms with Crippen LogP contribution >= 0.6 is 0 Å². The van der Waals surface area contributed by atoms with Gasteiger partial charge in [-0.25, -0.2) is 0 Å². The lowest BCUT2D eigenvalue weighted by Gasteiger charge is -2.25. The van der Waals surface area contributed by atoms with Crippen LogP contribution in [0.3, 0.4) is 0 Å². The number of nitrogens with zero attached hydrogens (tertiary/aromatic N) is 2. The van der Waals surface area contributed by atoms with Crippen LogP contribution in [0.4, 0.5) is 5.69 Å². The summed E-state index contributed by atoms with van der Waals surface area (Å²) in [6.45, 7) is 1.47. The van der Waals surface area contributed by atoms with Crippen molar-refractivity contribution in [3.8, 4) is 5.75 Å². The number of ether oxygens (including phenoxy) is 1. The third kappa shape index (κ3) is 3.31. The zero-order valence-corrected chi connectivity index (χ0v) is 16.2. The number of carbonyl (C=O) groups is 1. The van der Waals surface area contributed by atoms with Gasteiger partial charge in [0.05, 0.1) is 19.8 Å². The molecule has 0 radical (unpaired) electrons. The SMILES string of the molecule is COc1ccc(NC[C@H](O)Cn2c3c(c4ccccc42)CCN(C)C3=O)cc1. The number of hydrogen-bond donors (Lipinski definition) is 2. The topological polar surface area (TPSA) is 66.7 Å². The van der Waals surface area contributed by atoms with Crippen molar-refractivity contribution in [2.24, 2.45) is 0 Å². The van der Waals surface area contributed by atoms with Crippen molar-refractivity contribution < 1.29 is 14.6 Å². The van der Waals surface area contributed by atoms with E-state index in [1.165, 1.54) is 0 Å². The van der Waals surface area contributed by atoms with Crippen molar-refractivity contribution in [2.75, 3.05) is 32.6 Å². The summed E-state index contributed by atoms with van der Waals surface area (Å²) in [7, 11) is 3.46. The van der Waals surface area contributed by atoms with Gasteiger partial charge in [-0.1, -0.05) is 18.2 Å². The smallest absolute Gasteiger partial charge is 0.270 e.